The van der Waals surface area contributed by atoms with Gasteiger partial charge in [-0.05, 0) is 45.2 Å². The highest BCUT2D eigenvalue weighted by atomic mass is 32.1. The normalized spacial score (nSPS) is 16.7. The molecule has 1 saturated heterocycles. The van der Waals surface area contributed by atoms with Crippen LogP contribution in [-0.2, 0) is 11.3 Å². The minimum absolute atomic E-state index is 0.168. The number of rotatable bonds is 5. The summed E-state index contributed by atoms with van der Waals surface area (Å²) in [5, 5.41) is 6.33. The second-order valence-electron chi connectivity index (χ2n) is 4.87. The van der Waals surface area contributed by atoms with Crippen molar-refractivity contribution in [3.63, 3.8) is 0 Å². The van der Waals surface area contributed by atoms with Crippen molar-refractivity contribution < 1.29 is 4.79 Å². The van der Waals surface area contributed by atoms with E-state index in [1.165, 1.54) is 12.8 Å². The third-order valence-electron chi connectivity index (χ3n) is 3.53. The van der Waals surface area contributed by atoms with Gasteiger partial charge in [0.05, 0.1) is 17.7 Å². The molecule has 18 heavy (non-hydrogen) atoms. The zero-order chi connectivity index (χ0) is 12.8. The van der Waals surface area contributed by atoms with Crippen molar-refractivity contribution in [2.24, 2.45) is 5.92 Å². The predicted molar refractivity (Wildman–Crippen MR) is 73.5 cm³/mol. The standard InChI is InChI=1S/C13H21N3OS/c1-10-12(18-9-16-10)8-15-13(17)3-2-11-4-6-14-7-5-11/h9,11,14H,2-8H2,1H3,(H,15,17). The molecule has 2 rings (SSSR count). The number of carbonyl (C=O) groups is 1. The monoisotopic (exact) mass is 267 g/mol. The first kappa shape index (κ1) is 13.5. The van der Waals surface area contributed by atoms with E-state index in [2.05, 4.69) is 15.6 Å². The molecule has 2 N–H and O–H groups in total. The smallest absolute Gasteiger partial charge is 0.220 e. The van der Waals surface area contributed by atoms with Crippen LogP contribution in [0.4, 0.5) is 0 Å². The number of piperidine rings is 1. The second-order valence-corrected chi connectivity index (χ2v) is 5.81. The van der Waals surface area contributed by atoms with Gasteiger partial charge in [0.15, 0.2) is 0 Å². The Balaban J connectivity index is 1.64. The van der Waals surface area contributed by atoms with Crippen LogP contribution in [0.3, 0.4) is 0 Å². The Labute approximate surface area is 112 Å². The molecule has 4 nitrogen and oxygen atoms in total. The molecule has 0 unspecified atom stereocenters. The molecule has 0 spiro atoms. The largest absolute Gasteiger partial charge is 0.351 e. The van der Waals surface area contributed by atoms with Crippen LogP contribution in [-0.4, -0.2) is 24.0 Å². The fraction of sp³-hybridized carbons (Fsp3) is 0.692. The quantitative estimate of drug-likeness (QED) is 0.856. The van der Waals surface area contributed by atoms with Gasteiger partial charge in [0.25, 0.3) is 0 Å². The molecule has 1 aromatic heterocycles. The first-order valence-corrected chi connectivity index (χ1v) is 7.50. The number of aryl methyl sites for hydroxylation is 1. The summed E-state index contributed by atoms with van der Waals surface area (Å²) in [7, 11) is 0. The van der Waals surface area contributed by atoms with Gasteiger partial charge in [-0.3, -0.25) is 4.79 Å². The minimum atomic E-state index is 0.168. The fourth-order valence-electron chi connectivity index (χ4n) is 2.27. The van der Waals surface area contributed by atoms with E-state index in [1.54, 1.807) is 11.3 Å². The lowest BCUT2D eigenvalue weighted by Gasteiger charge is -2.22. The van der Waals surface area contributed by atoms with Crippen molar-refractivity contribution in [3.8, 4) is 0 Å². The molecule has 5 heteroatoms. The maximum atomic E-state index is 11.7. The lowest BCUT2D eigenvalue weighted by atomic mass is 9.93. The Bertz CT molecular complexity index is 385. The SMILES string of the molecule is Cc1ncsc1CNC(=O)CCC1CCNCC1. The van der Waals surface area contributed by atoms with Crippen LogP contribution in [0.1, 0.15) is 36.3 Å². The highest BCUT2D eigenvalue weighted by Crippen LogP contribution is 2.17. The molecule has 1 aliphatic heterocycles. The zero-order valence-electron chi connectivity index (χ0n) is 10.9. The van der Waals surface area contributed by atoms with Gasteiger partial charge in [0.1, 0.15) is 0 Å². The summed E-state index contributed by atoms with van der Waals surface area (Å²) in [6, 6.07) is 0. The average Bonchev–Trinajstić information content (AvgIpc) is 2.81. The maximum Gasteiger partial charge on any atom is 0.220 e. The van der Waals surface area contributed by atoms with Crippen LogP contribution in [0.25, 0.3) is 0 Å². The first-order valence-electron chi connectivity index (χ1n) is 6.62. The number of hydrogen-bond acceptors (Lipinski definition) is 4. The molecule has 1 amide bonds. The van der Waals surface area contributed by atoms with Crippen LogP contribution in [0.15, 0.2) is 5.51 Å². The third kappa shape index (κ3) is 4.07. The Morgan fingerprint density at radius 2 is 2.33 bits per heavy atom. The van der Waals surface area contributed by atoms with Crippen LogP contribution in [0.2, 0.25) is 0 Å². The number of nitrogens with zero attached hydrogens (tertiary/aromatic N) is 1. The Morgan fingerprint density at radius 1 is 1.56 bits per heavy atom. The van der Waals surface area contributed by atoms with Crippen molar-refractivity contribution in [3.05, 3.63) is 16.1 Å². The molecule has 0 radical (unpaired) electrons. The van der Waals surface area contributed by atoms with Gasteiger partial charge in [0.2, 0.25) is 5.91 Å². The molecule has 1 aromatic rings. The molecule has 0 saturated carbocycles. The highest BCUT2D eigenvalue weighted by molar-refractivity contribution is 7.09. The second kappa shape index (κ2) is 6.85. The molecular weight excluding hydrogens is 246 g/mol. The fourth-order valence-corrected chi connectivity index (χ4v) is 2.99. The molecule has 100 valence electrons. The summed E-state index contributed by atoms with van der Waals surface area (Å²) < 4.78 is 0. The molecule has 0 aromatic carbocycles. The van der Waals surface area contributed by atoms with E-state index in [4.69, 9.17) is 0 Å². The van der Waals surface area contributed by atoms with Gasteiger partial charge in [-0.1, -0.05) is 0 Å². The van der Waals surface area contributed by atoms with Crippen molar-refractivity contribution in [2.45, 2.75) is 39.2 Å². The summed E-state index contributed by atoms with van der Waals surface area (Å²) in [6.45, 7) is 4.81. The summed E-state index contributed by atoms with van der Waals surface area (Å²) in [5.41, 5.74) is 2.85. The summed E-state index contributed by atoms with van der Waals surface area (Å²) in [6.07, 6.45) is 4.10. The first-order chi connectivity index (χ1) is 8.75. The molecule has 1 fully saturated rings. The Kier molecular flexibility index (Phi) is 5.13. The van der Waals surface area contributed by atoms with Crippen LogP contribution < -0.4 is 10.6 Å². The number of carbonyl (C=O) groups excluding carboxylic acids is 1. The van der Waals surface area contributed by atoms with Gasteiger partial charge >= 0.3 is 0 Å². The van der Waals surface area contributed by atoms with Gasteiger partial charge < -0.3 is 10.6 Å². The number of thiazole rings is 1. The van der Waals surface area contributed by atoms with E-state index >= 15 is 0 Å². The van der Waals surface area contributed by atoms with E-state index in [0.29, 0.717) is 13.0 Å². The van der Waals surface area contributed by atoms with Crippen molar-refractivity contribution in [1.29, 1.82) is 0 Å². The van der Waals surface area contributed by atoms with Crippen molar-refractivity contribution in [1.82, 2.24) is 15.6 Å². The zero-order valence-corrected chi connectivity index (χ0v) is 11.7. The van der Waals surface area contributed by atoms with Crippen molar-refractivity contribution >= 4 is 17.2 Å². The van der Waals surface area contributed by atoms with E-state index in [0.717, 1.165) is 36.0 Å². The molecule has 0 bridgehead atoms. The Hall–Kier alpha value is -0.940. The van der Waals surface area contributed by atoms with E-state index < -0.39 is 0 Å². The summed E-state index contributed by atoms with van der Waals surface area (Å²) in [5.74, 6) is 0.892. The van der Waals surface area contributed by atoms with E-state index in [-0.39, 0.29) is 5.91 Å². The predicted octanol–water partition coefficient (Wildman–Crippen LogP) is 1.85. The highest BCUT2D eigenvalue weighted by Gasteiger charge is 2.14. The topological polar surface area (TPSA) is 54.0 Å². The van der Waals surface area contributed by atoms with Crippen LogP contribution in [0.5, 0.6) is 0 Å². The third-order valence-corrected chi connectivity index (χ3v) is 4.46. The van der Waals surface area contributed by atoms with Crippen LogP contribution >= 0.6 is 11.3 Å². The van der Waals surface area contributed by atoms with Crippen LogP contribution in [0, 0.1) is 12.8 Å². The molecule has 1 aliphatic rings. The lowest BCUT2D eigenvalue weighted by molar-refractivity contribution is -0.121. The van der Waals surface area contributed by atoms with Gasteiger partial charge in [-0.25, -0.2) is 4.98 Å². The van der Waals surface area contributed by atoms with Gasteiger partial charge in [-0.2, -0.15) is 0 Å². The minimum Gasteiger partial charge on any atom is -0.351 e. The molecular formula is C13H21N3OS. The van der Waals surface area contributed by atoms with E-state index in [9.17, 15) is 4.79 Å². The van der Waals surface area contributed by atoms with E-state index in [1.807, 2.05) is 12.4 Å². The summed E-state index contributed by atoms with van der Waals surface area (Å²) >= 11 is 1.60. The van der Waals surface area contributed by atoms with Crippen molar-refractivity contribution in [2.75, 3.05) is 13.1 Å². The molecule has 2 heterocycles. The van der Waals surface area contributed by atoms with Gasteiger partial charge in [0, 0.05) is 11.3 Å². The lowest BCUT2D eigenvalue weighted by Crippen LogP contribution is -2.29. The summed E-state index contributed by atoms with van der Waals surface area (Å²) in [4.78, 5) is 17.1. The average molecular weight is 267 g/mol. The number of hydrogen-bond donors (Lipinski definition) is 2. The van der Waals surface area contributed by atoms with Gasteiger partial charge in [-0.15, -0.1) is 11.3 Å². The molecule has 0 atom stereocenters. The molecule has 0 aliphatic carbocycles. The number of nitrogens with one attached hydrogen (secondary N) is 2. The number of amides is 1. The Morgan fingerprint density at radius 3 is 3.00 bits per heavy atom. The maximum absolute atomic E-state index is 11.7. The number of aromatic nitrogens is 1.